The molecular weight excluding hydrogens is 180 g/mol. The second kappa shape index (κ2) is 6.93. The van der Waals surface area contributed by atoms with Crippen LogP contribution in [-0.2, 0) is 9.53 Å². The normalized spacial score (nSPS) is 11.6. The van der Waals surface area contributed by atoms with Crippen LogP contribution in [-0.4, -0.2) is 23.8 Å². The molecule has 0 saturated heterocycles. The molecule has 0 bridgehead atoms. The fourth-order valence-corrected chi connectivity index (χ4v) is 0.511. The van der Waals surface area contributed by atoms with E-state index >= 15 is 0 Å². The third-order valence-electron chi connectivity index (χ3n) is 1.32. The summed E-state index contributed by atoms with van der Waals surface area (Å²) in [4.78, 5) is 10.3. The number of hydrogen-bond acceptors (Lipinski definition) is 3. The highest BCUT2D eigenvalue weighted by Gasteiger charge is 1.94. The van der Waals surface area contributed by atoms with Gasteiger partial charge in [0, 0.05) is 12.5 Å². The number of allylic oxidation sites excluding steroid dienone is 1. The molecule has 14 heavy (non-hydrogen) atoms. The predicted octanol–water partition coefficient (Wildman–Crippen LogP) is 1.05. The van der Waals surface area contributed by atoms with E-state index in [4.69, 9.17) is 5.11 Å². The molecule has 0 heterocycles. The molecule has 3 heteroatoms. The van der Waals surface area contributed by atoms with Crippen molar-refractivity contribution in [1.82, 2.24) is 0 Å². The van der Waals surface area contributed by atoms with Gasteiger partial charge in [0.05, 0.1) is 6.10 Å². The molecule has 0 aliphatic heterocycles. The number of carbonyl (C=O) groups excluding carboxylic acids is 1. The van der Waals surface area contributed by atoms with Crippen LogP contribution in [0.1, 0.15) is 13.8 Å². The van der Waals surface area contributed by atoms with E-state index in [0.717, 1.165) is 0 Å². The van der Waals surface area contributed by atoms with E-state index in [-0.39, 0.29) is 12.6 Å². The molecule has 0 aromatic heterocycles. The molecule has 1 N–H and O–H groups in total. The van der Waals surface area contributed by atoms with Crippen molar-refractivity contribution in [3.8, 4) is 11.8 Å². The van der Waals surface area contributed by atoms with Crippen molar-refractivity contribution < 1.29 is 14.6 Å². The Labute approximate surface area is 84.1 Å². The van der Waals surface area contributed by atoms with Crippen molar-refractivity contribution in [2.24, 2.45) is 0 Å². The van der Waals surface area contributed by atoms with Gasteiger partial charge in [-0.3, -0.25) is 4.79 Å². The highest BCUT2D eigenvalue weighted by molar-refractivity contribution is 5.66. The van der Waals surface area contributed by atoms with Gasteiger partial charge in [0.25, 0.3) is 0 Å². The summed E-state index contributed by atoms with van der Waals surface area (Å²) in [5, 5.41) is 9.00. The summed E-state index contributed by atoms with van der Waals surface area (Å²) in [6.07, 6.45) is 2.55. The van der Waals surface area contributed by atoms with Gasteiger partial charge in [-0.2, -0.15) is 0 Å². The Morgan fingerprint density at radius 2 is 2.36 bits per heavy atom. The zero-order chi connectivity index (χ0) is 11.0. The first-order chi connectivity index (χ1) is 6.54. The van der Waals surface area contributed by atoms with Crippen LogP contribution in [0.25, 0.3) is 0 Å². The molecule has 0 spiro atoms. The Bertz CT molecular complexity index is 289. The maximum atomic E-state index is 10.3. The summed E-state index contributed by atoms with van der Waals surface area (Å²) in [7, 11) is 0. The summed E-state index contributed by atoms with van der Waals surface area (Å²) in [5.41, 5.74) is 0.460. The Hall–Kier alpha value is -1.53. The van der Waals surface area contributed by atoms with Gasteiger partial charge in [0.2, 0.25) is 0 Å². The lowest BCUT2D eigenvalue weighted by Crippen LogP contribution is -2.00. The predicted molar refractivity (Wildman–Crippen MR) is 54.4 cm³/mol. The molecule has 0 fully saturated rings. The Morgan fingerprint density at radius 1 is 1.71 bits per heavy atom. The van der Waals surface area contributed by atoms with E-state index in [1.165, 1.54) is 6.92 Å². The van der Waals surface area contributed by atoms with Crippen LogP contribution in [0, 0.1) is 11.8 Å². The standard InChI is InChI=1S/C11H14O3/c1-9(10(2)12)7-5-4-6-8-14-11(3)13/h4,6,10,12H,1,8H2,2-3H3/b6-4-/t10-/m1/s1. The van der Waals surface area contributed by atoms with Gasteiger partial charge in [-0.1, -0.05) is 18.4 Å². The summed E-state index contributed by atoms with van der Waals surface area (Å²) < 4.78 is 4.63. The van der Waals surface area contributed by atoms with Gasteiger partial charge in [-0.15, -0.1) is 0 Å². The van der Waals surface area contributed by atoms with E-state index in [1.807, 2.05) is 0 Å². The maximum absolute atomic E-state index is 10.3. The van der Waals surface area contributed by atoms with Gasteiger partial charge in [-0.25, -0.2) is 0 Å². The van der Waals surface area contributed by atoms with Gasteiger partial charge in [0.15, 0.2) is 0 Å². The van der Waals surface area contributed by atoms with E-state index in [9.17, 15) is 4.79 Å². The highest BCUT2D eigenvalue weighted by atomic mass is 16.5. The van der Waals surface area contributed by atoms with E-state index in [2.05, 4.69) is 23.2 Å². The van der Waals surface area contributed by atoms with Gasteiger partial charge >= 0.3 is 5.97 Å². The zero-order valence-corrected chi connectivity index (χ0v) is 8.41. The van der Waals surface area contributed by atoms with Crippen LogP contribution in [0.4, 0.5) is 0 Å². The van der Waals surface area contributed by atoms with Crippen molar-refractivity contribution in [3.05, 3.63) is 24.3 Å². The topological polar surface area (TPSA) is 46.5 Å². The molecule has 1 atom stereocenters. The third-order valence-corrected chi connectivity index (χ3v) is 1.32. The van der Waals surface area contributed by atoms with Crippen LogP contribution in [0.5, 0.6) is 0 Å². The molecule has 76 valence electrons. The lowest BCUT2D eigenvalue weighted by Gasteiger charge is -1.97. The minimum atomic E-state index is -0.621. The highest BCUT2D eigenvalue weighted by Crippen LogP contribution is 1.94. The summed E-state index contributed by atoms with van der Waals surface area (Å²) in [6, 6.07) is 0. The van der Waals surface area contributed by atoms with Crippen molar-refractivity contribution in [2.75, 3.05) is 6.61 Å². The molecule has 0 aromatic rings. The summed E-state index contributed by atoms with van der Waals surface area (Å²) in [5.74, 6) is 4.98. The van der Waals surface area contributed by atoms with Crippen LogP contribution in [0.3, 0.4) is 0 Å². The average Bonchev–Trinajstić information content (AvgIpc) is 2.09. The van der Waals surface area contributed by atoms with E-state index < -0.39 is 6.10 Å². The van der Waals surface area contributed by atoms with Crippen LogP contribution in [0.2, 0.25) is 0 Å². The zero-order valence-electron chi connectivity index (χ0n) is 8.41. The Morgan fingerprint density at radius 3 is 2.86 bits per heavy atom. The lowest BCUT2D eigenvalue weighted by molar-refractivity contribution is -0.139. The number of aliphatic hydroxyl groups is 1. The molecule has 3 nitrogen and oxygen atoms in total. The minimum Gasteiger partial charge on any atom is -0.462 e. The molecule has 0 unspecified atom stereocenters. The fraction of sp³-hybridized carbons (Fsp3) is 0.364. The molecule has 0 saturated carbocycles. The van der Waals surface area contributed by atoms with Crippen LogP contribution < -0.4 is 0 Å². The SMILES string of the molecule is C=C(C#C/C=C\COC(C)=O)[C@@H](C)O. The Balaban J connectivity index is 3.81. The molecular formula is C11H14O3. The summed E-state index contributed by atoms with van der Waals surface area (Å²) in [6.45, 7) is 6.71. The smallest absolute Gasteiger partial charge is 0.302 e. The van der Waals surface area contributed by atoms with Crippen molar-refractivity contribution in [2.45, 2.75) is 20.0 Å². The van der Waals surface area contributed by atoms with E-state index in [1.54, 1.807) is 19.1 Å². The molecule has 0 aliphatic carbocycles. The fourth-order valence-electron chi connectivity index (χ4n) is 0.511. The first-order valence-corrected chi connectivity index (χ1v) is 4.20. The number of ether oxygens (including phenoxy) is 1. The number of esters is 1. The van der Waals surface area contributed by atoms with Gasteiger partial charge < -0.3 is 9.84 Å². The molecule has 0 aromatic carbocycles. The first kappa shape index (κ1) is 12.5. The third kappa shape index (κ3) is 7.14. The molecule has 0 amide bonds. The quantitative estimate of drug-likeness (QED) is 0.539. The van der Waals surface area contributed by atoms with E-state index in [0.29, 0.717) is 5.57 Å². The maximum Gasteiger partial charge on any atom is 0.302 e. The second-order valence-electron chi connectivity index (χ2n) is 2.68. The lowest BCUT2D eigenvalue weighted by atomic mass is 10.2. The van der Waals surface area contributed by atoms with Crippen molar-refractivity contribution in [1.29, 1.82) is 0 Å². The van der Waals surface area contributed by atoms with Crippen molar-refractivity contribution >= 4 is 5.97 Å². The number of hydrogen-bond donors (Lipinski definition) is 1. The monoisotopic (exact) mass is 194 g/mol. The summed E-state index contributed by atoms with van der Waals surface area (Å²) >= 11 is 0. The Kier molecular flexibility index (Phi) is 6.17. The number of carbonyl (C=O) groups is 1. The second-order valence-corrected chi connectivity index (χ2v) is 2.68. The van der Waals surface area contributed by atoms with Crippen LogP contribution in [0.15, 0.2) is 24.3 Å². The number of rotatable bonds is 3. The largest absolute Gasteiger partial charge is 0.462 e. The minimum absolute atomic E-state index is 0.213. The van der Waals surface area contributed by atoms with Gasteiger partial charge in [-0.05, 0) is 19.1 Å². The van der Waals surface area contributed by atoms with Crippen molar-refractivity contribution in [3.63, 3.8) is 0 Å². The molecule has 0 radical (unpaired) electrons. The molecule has 0 aliphatic rings. The van der Waals surface area contributed by atoms with Crippen LogP contribution >= 0.6 is 0 Å². The number of aliphatic hydroxyl groups excluding tert-OH is 1. The first-order valence-electron chi connectivity index (χ1n) is 4.20. The average molecular weight is 194 g/mol. The molecule has 0 rings (SSSR count). The van der Waals surface area contributed by atoms with Gasteiger partial charge in [0.1, 0.15) is 6.61 Å².